The maximum Gasteiger partial charge on any atom is 0.161 e. The van der Waals surface area contributed by atoms with Crippen molar-refractivity contribution in [3.8, 4) is 6.07 Å². The average Bonchev–Trinajstić information content (AvgIpc) is 2.53. The minimum Gasteiger partial charge on any atom is -0.348 e. The minimum atomic E-state index is 0.276. The third-order valence-corrected chi connectivity index (χ3v) is 3.99. The Morgan fingerprint density at radius 2 is 2.10 bits per heavy atom. The molecule has 0 aliphatic carbocycles. The Hall–Kier alpha value is -2.41. The molecule has 1 aliphatic heterocycles. The number of hydrogen-bond donors (Lipinski definition) is 0. The number of benzene rings is 1. The molecule has 4 heteroatoms. The highest BCUT2D eigenvalue weighted by atomic mass is 15.2. The van der Waals surface area contributed by atoms with Gasteiger partial charge in [0.15, 0.2) is 5.69 Å². The van der Waals surface area contributed by atoms with E-state index < -0.39 is 0 Å². The van der Waals surface area contributed by atoms with Gasteiger partial charge < -0.3 is 4.90 Å². The number of aromatic nitrogens is 2. The van der Waals surface area contributed by atoms with Crippen molar-refractivity contribution >= 4 is 5.82 Å². The van der Waals surface area contributed by atoms with Gasteiger partial charge in [-0.15, -0.1) is 0 Å². The molecule has 21 heavy (non-hydrogen) atoms. The fourth-order valence-electron chi connectivity index (χ4n) is 3.12. The normalized spacial score (nSPS) is 17.4. The van der Waals surface area contributed by atoms with Gasteiger partial charge in [-0.25, -0.2) is 4.98 Å². The lowest BCUT2D eigenvalue weighted by Gasteiger charge is -2.40. The fraction of sp³-hybridized carbons (Fsp3) is 0.353. The molecule has 0 spiro atoms. The molecular formula is C17H18N4. The maximum absolute atomic E-state index is 9.02. The first-order valence-corrected chi connectivity index (χ1v) is 7.27. The Bertz CT molecular complexity index is 687. The summed E-state index contributed by atoms with van der Waals surface area (Å²) in [6.45, 7) is 5.35. The zero-order valence-electron chi connectivity index (χ0n) is 12.3. The molecule has 1 unspecified atom stereocenters. The summed E-state index contributed by atoms with van der Waals surface area (Å²) in [6, 6.07) is 10.9. The molecule has 0 bridgehead atoms. The maximum atomic E-state index is 9.02. The van der Waals surface area contributed by atoms with E-state index in [1.165, 1.54) is 17.3 Å². The number of nitrogens with zero attached hydrogens (tertiary/aromatic N) is 4. The molecule has 0 saturated carbocycles. The summed E-state index contributed by atoms with van der Waals surface area (Å²) in [6.07, 6.45) is 4.26. The molecule has 1 aromatic heterocycles. The van der Waals surface area contributed by atoms with E-state index >= 15 is 0 Å². The van der Waals surface area contributed by atoms with E-state index in [9.17, 15) is 0 Å². The van der Waals surface area contributed by atoms with Crippen LogP contribution in [0.2, 0.25) is 0 Å². The van der Waals surface area contributed by atoms with Crippen LogP contribution >= 0.6 is 0 Å². The zero-order valence-corrected chi connectivity index (χ0v) is 12.3. The van der Waals surface area contributed by atoms with Crippen LogP contribution in [0.4, 0.5) is 5.82 Å². The lowest BCUT2D eigenvalue weighted by molar-refractivity contribution is 0.447. The zero-order chi connectivity index (χ0) is 14.8. The molecule has 0 N–H and O–H groups in total. The molecule has 0 saturated heterocycles. The Labute approximate surface area is 125 Å². The van der Waals surface area contributed by atoms with Crippen LogP contribution in [0.3, 0.4) is 0 Å². The second-order valence-corrected chi connectivity index (χ2v) is 5.71. The summed E-state index contributed by atoms with van der Waals surface area (Å²) in [5.74, 6) is 1.25. The van der Waals surface area contributed by atoms with Gasteiger partial charge in [-0.1, -0.05) is 38.1 Å². The second kappa shape index (κ2) is 5.53. The molecular weight excluding hydrogens is 260 g/mol. The second-order valence-electron chi connectivity index (χ2n) is 5.71. The van der Waals surface area contributed by atoms with Gasteiger partial charge in [0, 0.05) is 6.54 Å². The highest BCUT2D eigenvalue weighted by Gasteiger charge is 2.30. The first-order chi connectivity index (χ1) is 10.2. The monoisotopic (exact) mass is 278 g/mol. The molecule has 4 nitrogen and oxygen atoms in total. The number of anilines is 1. The summed E-state index contributed by atoms with van der Waals surface area (Å²) >= 11 is 0. The van der Waals surface area contributed by atoms with Gasteiger partial charge in [-0.3, -0.25) is 4.98 Å². The van der Waals surface area contributed by atoms with E-state index in [-0.39, 0.29) is 6.04 Å². The van der Waals surface area contributed by atoms with Crippen LogP contribution in [0.5, 0.6) is 0 Å². The van der Waals surface area contributed by atoms with Crippen molar-refractivity contribution in [2.24, 2.45) is 5.92 Å². The van der Waals surface area contributed by atoms with Crippen LogP contribution in [0.1, 0.15) is 36.7 Å². The van der Waals surface area contributed by atoms with Gasteiger partial charge in [0.05, 0.1) is 18.4 Å². The van der Waals surface area contributed by atoms with E-state index in [1.807, 2.05) is 0 Å². The van der Waals surface area contributed by atoms with Gasteiger partial charge >= 0.3 is 0 Å². The largest absolute Gasteiger partial charge is 0.348 e. The topological polar surface area (TPSA) is 52.8 Å². The van der Waals surface area contributed by atoms with Crippen molar-refractivity contribution in [1.29, 1.82) is 5.26 Å². The van der Waals surface area contributed by atoms with E-state index in [0.717, 1.165) is 18.8 Å². The number of fused-ring (bicyclic) bond motifs is 1. The van der Waals surface area contributed by atoms with Crippen molar-refractivity contribution in [2.45, 2.75) is 26.3 Å². The highest BCUT2D eigenvalue weighted by Crippen LogP contribution is 2.37. The third kappa shape index (κ3) is 2.47. The number of rotatable bonds is 2. The quantitative estimate of drug-likeness (QED) is 0.847. The Morgan fingerprint density at radius 1 is 1.29 bits per heavy atom. The van der Waals surface area contributed by atoms with Gasteiger partial charge in [-0.2, -0.15) is 5.26 Å². The highest BCUT2D eigenvalue weighted by molar-refractivity contribution is 5.47. The number of hydrogen-bond acceptors (Lipinski definition) is 4. The van der Waals surface area contributed by atoms with Gasteiger partial charge in [0.2, 0.25) is 0 Å². The van der Waals surface area contributed by atoms with Crippen molar-refractivity contribution in [3.05, 3.63) is 53.5 Å². The summed E-state index contributed by atoms with van der Waals surface area (Å²) in [5.41, 5.74) is 3.15. The van der Waals surface area contributed by atoms with E-state index in [4.69, 9.17) is 5.26 Å². The molecule has 0 amide bonds. The van der Waals surface area contributed by atoms with Gasteiger partial charge in [0.1, 0.15) is 11.9 Å². The Kier molecular flexibility index (Phi) is 3.57. The molecule has 2 heterocycles. The molecule has 2 aromatic rings. The van der Waals surface area contributed by atoms with Crippen LogP contribution in [-0.4, -0.2) is 16.5 Å². The van der Waals surface area contributed by atoms with Crippen molar-refractivity contribution in [3.63, 3.8) is 0 Å². The molecule has 3 rings (SSSR count). The number of nitriles is 1. The molecule has 0 radical (unpaired) electrons. The predicted molar refractivity (Wildman–Crippen MR) is 81.8 cm³/mol. The Balaban J connectivity index is 2.05. The van der Waals surface area contributed by atoms with E-state index in [1.54, 1.807) is 6.20 Å². The van der Waals surface area contributed by atoms with E-state index in [0.29, 0.717) is 11.6 Å². The smallest absolute Gasteiger partial charge is 0.161 e. The standard InChI is InChI=1S/C17H18N4/c1-12(2)17-15-6-4-3-5-13(15)7-8-21(17)16-11-19-10-14(9-18)20-16/h3-6,10-12,17H,7-8H2,1-2H3. The summed E-state index contributed by atoms with van der Waals surface area (Å²) < 4.78 is 0. The summed E-state index contributed by atoms with van der Waals surface area (Å²) in [5, 5.41) is 9.02. The molecule has 1 aromatic carbocycles. The minimum absolute atomic E-state index is 0.276. The molecule has 106 valence electrons. The lowest BCUT2D eigenvalue weighted by Crippen LogP contribution is -2.38. The Morgan fingerprint density at radius 3 is 2.86 bits per heavy atom. The van der Waals surface area contributed by atoms with E-state index in [2.05, 4.69) is 59.1 Å². The third-order valence-electron chi connectivity index (χ3n) is 3.99. The van der Waals surface area contributed by atoms with Crippen LogP contribution in [0.15, 0.2) is 36.7 Å². The SMILES string of the molecule is CC(C)C1c2ccccc2CCN1c1cncc(C#N)n1. The van der Waals surface area contributed by atoms with Crippen LogP contribution < -0.4 is 4.90 Å². The lowest BCUT2D eigenvalue weighted by atomic mass is 9.86. The molecule has 1 aliphatic rings. The van der Waals surface area contributed by atoms with Crippen molar-refractivity contribution < 1.29 is 0 Å². The first kappa shape index (κ1) is 13.6. The van der Waals surface area contributed by atoms with Crippen LogP contribution in [-0.2, 0) is 6.42 Å². The summed E-state index contributed by atoms with van der Waals surface area (Å²) in [7, 11) is 0. The van der Waals surface area contributed by atoms with Crippen LogP contribution in [0, 0.1) is 17.2 Å². The van der Waals surface area contributed by atoms with Gasteiger partial charge in [0.25, 0.3) is 0 Å². The fourth-order valence-corrected chi connectivity index (χ4v) is 3.12. The average molecular weight is 278 g/mol. The summed E-state index contributed by atoms with van der Waals surface area (Å²) in [4.78, 5) is 10.9. The van der Waals surface area contributed by atoms with Crippen molar-refractivity contribution in [2.75, 3.05) is 11.4 Å². The first-order valence-electron chi connectivity index (χ1n) is 7.27. The van der Waals surface area contributed by atoms with Crippen molar-refractivity contribution in [1.82, 2.24) is 9.97 Å². The predicted octanol–water partition coefficient (Wildman–Crippen LogP) is 3.11. The molecule has 0 fully saturated rings. The van der Waals surface area contributed by atoms with Gasteiger partial charge in [-0.05, 0) is 23.5 Å². The van der Waals surface area contributed by atoms with Crippen LogP contribution in [0.25, 0.3) is 0 Å². The molecule has 1 atom stereocenters.